The minimum Gasteiger partial charge on any atom is -0.384 e. The highest BCUT2D eigenvalue weighted by molar-refractivity contribution is 7.18. The van der Waals surface area contributed by atoms with E-state index in [0.717, 1.165) is 54.3 Å². The van der Waals surface area contributed by atoms with Crippen LogP contribution in [0.1, 0.15) is 33.4 Å². The van der Waals surface area contributed by atoms with Crippen molar-refractivity contribution in [3.8, 4) is 20.9 Å². The van der Waals surface area contributed by atoms with Gasteiger partial charge in [-0.25, -0.2) is 0 Å². The van der Waals surface area contributed by atoms with Crippen LogP contribution in [0.5, 0.6) is 0 Å². The molecule has 0 fully saturated rings. The number of nitrogen functional groups attached to an aromatic ring is 2. The van der Waals surface area contributed by atoms with E-state index >= 15 is 0 Å². The minimum absolute atomic E-state index is 0.0467. The zero-order chi connectivity index (χ0) is 25.8. The van der Waals surface area contributed by atoms with Gasteiger partial charge < -0.3 is 11.5 Å². The van der Waals surface area contributed by atoms with Crippen LogP contribution in [0.15, 0.2) is 97.6 Å². The SMILES string of the molecule is N=C(N)c1cccc(-c2ccc(-c3cccc(C(=N)N)c3Cc3cccnc3)s2)c1Cc1cccnc1. The van der Waals surface area contributed by atoms with Crippen molar-refractivity contribution in [1.29, 1.82) is 10.8 Å². The Morgan fingerprint density at radius 2 is 1.08 bits per heavy atom. The molecule has 6 N–H and O–H groups in total. The summed E-state index contributed by atoms with van der Waals surface area (Å²) in [7, 11) is 0. The van der Waals surface area contributed by atoms with Crippen LogP contribution in [0, 0.1) is 10.8 Å². The first-order chi connectivity index (χ1) is 18.0. The molecule has 0 aliphatic carbocycles. The number of benzene rings is 2. The van der Waals surface area contributed by atoms with Gasteiger partial charge in [0, 0.05) is 58.5 Å². The molecule has 0 aliphatic heterocycles. The fourth-order valence-electron chi connectivity index (χ4n) is 4.56. The molecule has 2 aromatic carbocycles. The van der Waals surface area contributed by atoms with E-state index in [1.54, 1.807) is 23.7 Å². The normalized spacial score (nSPS) is 10.8. The van der Waals surface area contributed by atoms with E-state index in [9.17, 15) is 0 Å². The molecule has 0 saturated carbocycles. The molecule has 0 saturated heterocycles. The number of amidine groups is 2. The van der Waals surface area contributed by atoms with Gasteiger partial charge in [0.05, 0.1) is 0 Å². The summed E-state index contributed by atoms with van der Waals surface area (Å²) in [6, 6.07) is 24.0. The van der Waals surface area contributed by atoms with E-state index in [1.165, 1.54) is 0 Å². The molecule has 182 valence electrons. The zero-order valence-corrected chi connectivity index (χ0v) is 20.9. The maximum atomic E-state index is 8.17. The summed E-state index contributed by atoms with van der Waals surface area (Å²) in [6.07, 6.45) is 8.45. The Balaban J connectivity index is 1.60. The lowest BCUT2D eigenvalue weighted by Gasteiger charge is -2.14. The van der Waals surface area contributed by atoms with Gasteiger partial charge in [0.2, 0.25) is 0 Å². The first-order valence-corrected chi connectivity index (χ1v) is 12.6. The highest BCUT2D eigenvalue weighted by atomic mass is 32.1. The monoisotopic (exact) mass is 502 g/mol. The summed E-state index contributed by atoms with van der Waals surface area (Å²) in [5.74, 6) is 0.0934. The van der Waals surface area contributed by atoms with Crippen LogP contribution in [0.3, 0.4) is 0 Å². The number of nitrogens with one attached hydrogen (secondary N) is 2. The van der Waals surface area contributed by atoms with Gasteiger partial charge in [0.1, 0.15) is 11.7 Å². The molecule has 0 aliphatic rings. The Morgan fingerprint density at radius 3 is 1.46 bits per heavy atom. The Bertz CT molecular complexity index is 1460. The average molecular weight is 503 g/mol. The molecule has 37 heavy (non-hydrogen) atoms. The van der Waals surface area contributed by atoms with Gasteiger partial charge in [-0.05, 0) is 57.6 Å². The van der Waals surface area contributed by atoms with Crippen molar-refractivity contribution in [1.82, 2.24) is 9.97 Å². The third-order valence-corrected chi connectivity index (χ3v) is 7.43. The summed E-state index contributed by atoms with van der Waals surface area (Å²) in [5, 5.41) is 16.3. The molecule has 0 radical (unpaired) electrons. The molecule has 7 heteroatoms. The Labute approximate surface area is 219 Å². The number of rotatable bonds is 8. The summed E-state index contributed by atoms with van der Waals surface area (Å²) >= 11 is 1.68. The van der Waals surface area contributed by atoms with Crippen molar-refractivity contribution >= 4 is 23.0 Å². The largest absolute Gasteiger partial charge is 0.384 e. The summed E-state index contributed by atoms with van der Waals surface area (Å²) in [4.78, 5) is 10.7. The second kappa shape index (κ2) is 10.6. The highest BCUT2D eigenvalue weighted by Gasteiger charge is 2.18. The van der Waals surface area contributed by atoms with Gasteiger partial charge in [0.15, 0.2) is 0 Å². The first kappa shape index (κ1) is 24.1. The standard InChI is InChI=1S/C30H26N6S/c31-29(32)23-9-1-7-21(25(23)15-19-5-3-13-35-17-19)27-11-12-28(37-27)22-8-2-10-24(30(33)34)26(22)16-20-6-4-14-36-18-20/h1-14,17-18H,15-16H2,(H3,31,32)(H3,33,34). The van der Waals surface area contributed by atoms with Crippen LogP contribution in [-0.4, -0.2) is 21.6 Å². The van der Waals surface area contributed by atoms with Gasteiger partial charge in [-0.3, -0.25) is 20.8 Å². The predicted molar refractivity (Wildman–Crippen MR) is 151 cm³/mol. The highest BCUT2D eigenvalue weighted by Crippen LogP contribution is 2.39. The molecule has 0 unspecified atom stereocenters. The number of nitrogens with zero attached hydrogens (tertiary/aromatic N) is 2. The number of aromatic nitrogens is 2. The second-order valence-electron chi connectivity index (χ2n) is 8.73. The number of nitrogens with two attached hydrogens (primary N) is 2. The van der Waals surface area contributed by atoms with Crippen LogP contribution in [0.4, 0.5) is 0 Å². The smallest absolute Gasteiger partial charge is 0.123 e. The van der Waals surface area contributed by atoms with E-state index in [4.69, 9.17) is 22.3 Å². The van der Waals surface area contributed by atoms with Crippen molar-refractivity contribution < 1.29 is 0 Å². The number of thiophene rings is 1. The Morgan fingerprint density at radius 1 is 0.622 bits per heavy atom. The van der Waals surface area contributed by atoms with Gasteiger partial charge >= 0.3 is 0 Å². The minimum atomic E-state index is 0.0467. The Kier molecular flexibility index (Phi) is 6.87. The van der Waals surface area contributed by atoms with Crippen LogP contribution < -0.4 is 11.5 Å². The predicted octanol–water partition coefficient (Wildman–Crippen LogP) is 5.62. The molecular formula is C30H26N6S. The van der Waals surface area contributed by atoms with Gasteiger partial charge in [0.25, 0.3) is 0 Å². The van der Waals surface area contributed by atoms with Crippen molar-refractivity contribution in [2.45, 2.75) is 12.8 Å². The van der Waals surface area contributed by atoms with Gasteiger partial charge in [-0.2, -0.15) is 0 Å². The molecule has 5 rings (SSSR count). The summed E-state index contributed by atoms with van der Waals surface area (Å²) in [6.45, 7) is 0. The molecule has 3 heterocycles. The molecule has 0 atom stereocenters. The summed E-state index contributed by atoms with van der Waals surface area (Å²) in [5.41, 5.74) is 19.6. The van der Waals surface area contributed by atoms with Crippen molar-refractivity contribution in [3.05, 3.63) is 131 Å². The molecule has 3 aromatic heterocycles. The summed E-state index contributed by atoms with van der Waals surface area (Å²) < 4.78 is 0. The van der Waals surface area contributed by atoms with E-state index < -0.39 is 0 Å². The average Bonchev–Trinajstić information content (AvgIpc) is 3.40. The lowest BCUT2D eigenvalue weighted by Crippen LogP contribution is -2.14. The fourth-order valence-corrected chi connectivity index (χ4v) is 5.67. The van der Waals surface area contributed by atoms with E-state index in [-0.39, 0.29) is 11.7 Å². The lowest BCUT2D eigenvalue weighted by atomic mass is 9.93. The molecule has 0 bridgehead atoms. The van der Waals surface area contributed by atoms with Crippen molar-refractivity contribution in [3.63, 3.8) is 0 Å². The maximum Gasteiger partial charge on any atom is 0.123 e. The number of hydrogen-bond acceptors (Lipinski definition) is 5. The van der Waals surface area contributed by atoms with Crippen LogP contribution in [0.2, 0.25) is 0 Å². The quantitative estimate of drug-likeness (QED) is 0.162. The van der Waals surface area contributed by atoms with E-state index in [0.29, 0.717) is 12.8 Å². The van der Waals surface area contributed by atoms with Crippen LogP contribution in [0.25, 0.3) is 20.9 Å². The van der Waals surface area contributed by atoms with Crippen LogP contribution in [-0.2, 0) is 12.8 Å². The molecule has 5 aromatic rings. The first-order valence-electron chi connectivity index (χ1n) is 11.8. The third kappa shape index (κ3) is 5.17. The molecular weight excluding hydrogens is 476 g/mol. The number of pyridine rings is 2. The fraction of sp³-hybridized carbons (Fsp3) is 0.0667. The Hall–Kier alpha value is -4.62. The maximum absolute atomic E-state index is 8.17. The second-order valence-corrected chi connectivity index (χ2v) is 9.81. The molecule has 6 nitrogen and oxygen atoms in total. The number of hydrogen-bond donors (Lipinski definition) is 4. The van der Waals surface area contributed by atoms with E-state index in [2.05, 4.69) is 34.2 Å². The van der Waals surface area contributed by atoms with Gasteiger partial charge in [-0.1, -0.05) is 48.5 Å². The van der Waals surface area contributed by atoms with E-state index in [1.807, 2.05) is 60.9 Å². The zero-order valence-electron chi connectivity index (χ0n) is 20.1. The molecule has 0 amide bonds. The topological polar surface area (TPSA) is 126 Å². The molecule has 0 spiro atoms. The van der Waals surface area contributed by atoms with Crippen LogP contribution >= 0.6 is 11.3 Å². The lowest BCUT2D eigenvalue weighted by molar-refractivity contribution is 1.14. The third-order valence-electron chi connectivity index (χ3n) is 6.28. The van der Waals surface area contributed by atoms with Crippen molar-refractivity contribution in [2.75, 3.05) is 0 Å². The van der Waals surface area contributed by atoms with Crippen molar-refractivity contribution in [2.24, 2.45) is 11.5 Å². The van der Waals surface area contributed by atoms with Gasteiger partial charge in [-0.15, -0.1) is 11.3 Å².